The lowest BCUT2D eigenvalue weighted by molar-refractivity contribution is -0.383. The largest absolute Gasteiger partial charge is 0.396 e. The van der Waals surface area contributed by atoms with Gasteiger partial charge in [-0.25, -0.2) is 0 Å². The number of fused-ring (bicyclic) bond motifs is 1. The Morgan fingerprint density at radius 3 is 2.36 bits per heavy atom. The fraction of sp³-hybridized carbons (Fsp3) is 0. The first-order valence-electron chi connectivity index (χ1n) is 6.59. The molecule has 108 valence electrons. The van der Waals surface area contributed by atoms with Gasteiger partial charge in [0.1, 0.15) is 0 Å². The fourth-order valence-corrected chi connectivity index (χ4v) is 2.20. The van der Waals surface area contributed by atoms with Crippen molar-refractivity contribution >= 4 is 33.5 Å². The van der Waals surface area contributed by atoms with Crippen LogP contribution in [0.5, 0.6) is 0 Å². The predicted molar refractivity (Wildman–Crippen MR) is 85.6 cm³/mol. The van der Waals surface area contributed by atoms with Gasteiger partial charge >= 0.3 is 0 Å². The SMILES string of the molecule is Nc1c(N=Nc2ccccc2)c([N+](=O)[O-])cc2ccccc12. The molecular formula is C16H12N4O2. The lowest BCUT2D eigenvalue weighted by atomic mass is 10.1. The Bertz CT molecular complexity index is 876. The van der Waals surface area contributed by atoms with E-state index in [0.29, 0.717) is 11.1 Å². The van der Waals surface area contributed by atoms with Gasteiger partial charge in [0.15, 0.2) is 5.69 Å². The predicted octanol–water partition coefficient (Wildman–Crippen LogP) is 4.75. The van der Waals surface area contributed by atoms with Crippen LogP contribution in [-0.2, 0) is 0 Å². The van der Waals surface area contributed by atoms with E-state index < -0.39 is 4.92 Å². The van der Waals surface area contributed by atoms with Crippen molar-refractivity contribution in [1.82, 2.24) is 0 Å². The van der Waals surface area contributed by atoms with Gasteiger partial charge < -0.3 is 5.73 Å². The summed E-state index contributed by atoms with van der Waals surface area (Å²) >= 11 is 0. The number of benzene rings is 3. The molecule has 0 radical (unpaired) electrons. The number of nitrogens with two attached hydrogens (primary N) is 1. The summed E-state index contributed by atoms with van der Waals surface area (Å²) in [5.41, 5.74) is 6.84. The van der Waals surface area contributed by atoms with Gasteiger partial charge in [0.05, 0.1) is 16.3 Å². The highest BCUT2D eigenvalue weighted by Crippen LogP contribution is 2.40. The first-order chi connectivity index (χ1) is 10.7. The molecular weight excluding hydrogens is 280 g/mol. The third-order valence-corrected chi connectivity index (χ3v) is 3.26. The molecule has 0 heterocycles. The molecule has 3 aromatic rings. The lowest BCUT2D eigenvalue weighted by Gasteiger charge is -2.06. The maximum atomic E-state index is 11.3. The third-order valence-electron chi connectivity index (χ3n) is 3.26. The minimum atomic E-state index is -0.498. The van der Waals surface area contributed by atoms with Gasteiger partial charge in [0.25, 0.3) is 5.69 Å². The van der Waals surface area contributed by atoms with Crippen LogP contribution >= 0.6 is 0 Å². The lowest BCUT2D eigenvalue weighted by Crippen LogP contribution is -1.94. The van der Waals surface area contributed by atoms with Gasteiger partial charge in [-0.3, -0.25) is 10.1 Å². The normalized spacial score (nSPS) is 11.1. The summed E-state index contributed by atoms with van der Waals surface area (Å²) in [6.07, 6.45) is 0. The van der Waals surface area contributed by atoms with Crippen molar-refractivity contribution in [3.05, 3.63) is 70.8 Å². The molecule has 22 heavy (non-hydrogen) atoms. The molecule has 6 heteroatoms. The van der Waals surface area contributed by atoms with E-state index in [1.807, 2.05) is 24.3 Å². The molecule has 0 aromatic heterocycles. The minimum Gasteiger partial charge on any atom is -0.396 e. The first kappa shape index (κ1) is 13.7. The van der Waals surface area contributed by atoms with Gasteiger partial charge in [0.2, 0.25) is 0 Å². The van der Waals surface area contributed by atoms with Gasteiger partial charge in [-0.05, 0) is 17.5 Å². The van der Waals surface area contributed by atoms with E-state index in [4.69, 9.17) is 5.73 Å². The number of hydrogen-bond donors (Lipinski definition) is 1. The summed E-state index contributed by atoms with van der Waals surface area (Å²) in [6, 6.07) is 17.7. The Kier molecular flexibility index (Phi) is 3.49. The number of rotatable bonds is 3. The highest BCUT2D eigenvalue weighted by atomic mass is 16.6. The molecule has 0 saturated heterocycles. The Hall–Kier alpha value is -3.28. The average Bonchev–Trinajstić information content (AvgIpc) is 2.54. The van der Waals surface area contributed by atoms with E-state index >= 15 is 0 Å². The van der Waals surface area contributed by atoms with Crippen molar-refractivity contribution in [2.45, 2.75) is 0 Å². The summed E-state index contributed by atoms with van der Waals surface area (Å²) < 4.78 is 0. The van der Waals surface area contributed by atoms with E-state index in [1.54, 1.807) is 30.3 Å². The molecule has 0 fully saturated rings. The summed E-state index contributed by atoms with van der Waals surface area (Å²) in [6.45, 7) is 0. The zero-order chi connectivity index (χ0) is 15.5. The van der Waals surface area contributed by atoms with E-state index in [2.05, 4.69) is 10.2 Å². The third kappa shape index (κ3) is 2.49. The van der Waals surface area contributed by atoms with E-state index in [-0.39, 0.29) is 17.1 Å². The summed E-state index contributed by atoms with van der Waals surface area (Å²) in [4.78, 5) is 10.8. The van der Waals surface area contributed by atoms with Crippen LogP contribution in [0.4, 0.5) is 22.7 Å². The topological polar surface area (TPSA) is 93.9 Å². The second-order valence-electron chi connectivity index (χ2n) is 4.67. The maximum Gasteiger partial charge on any atom is 0.299 e. The molecule has 0 atom stereocenters. The van der Waals surface area contributed by atoms with Crippen LogP contribution in [0.15, 0.2) is 70.9 Å². The minimum absolute atomic E-state index is 0.0764. The molecule has 3 rings (SSSR count). The molecule has 0 aliphatic carbocycles. The average molecular weight is 292 g/mol. The van der Waals surface area contributed by atoms with Crippen LogP contribution in [-0.4, -0.2) is 4.92 Å². The van der Waals surface area contributed by atoms with Crippen molar-refractivity contribution in [3.63, 3.8) is 0 Å². The quantitative estimate of drug-likeness (QED) is 0.327. The van der Waals surface area contributed by atoms with E-state index in [9.17, 15) is 10.1 Å². The van der Waals surface area contributed by atoms with Crippen molar-refractivity contribution in [3.8, 4) is 0 Å². The zero-order valence-electron chi connectivity index (χ0n) is 11.5. The monoisotopic (exact) mass is 292 g/mol. The smallest absolute Gasteiger partial charge is 0.299 e. The summed E-state index contributed by atoms with van der Waals surface area (Å²) in [5, 5.41) is 20.7. The van der Waals surface area contributed by atoms with Crippen LogP contribution in [0.2, 0.25) is 0 Å². The summed E-state index contributed by atoms with van der Waals surface area (Å²) in [7, 11) is 0. The van der Waals surface area contributed by atoms with Crippen molar-refractivity contribution in [1.29, 1.82) is 0 Å². The van der Waals surface area contributed by atoms with E-state index in [0.717, 1.165) is 5.39 Å². The van der Waals surface area contributed by atoms with Gasteiger partial charge in [0, 0.05) is 11.5 Å². The highest BCUT2D eigenvalue weighted by Gasteiger charge is 2.19. The highest BCUT2D eigenvalue weighted by molar-refractivity contribution is 6.01. The molecule has 3 aromatic carbocycles. The second-order valence-corrected chi connectivity index (χ2v) is 4.67. The van der Waals surface area contributed by atoms with Crippen LogP contribution in [0.25, 0.3) is 10.8 Å². The van der Waals surface area contributed by atoms with Crippen molar-refractivity contribution < 1.29 is 4.92 Å². The molecule has 2 N–H and O–H groups in total. The van der Waals surface area contributed by atoms with Gasteiger partial charge in [-0.2, -0.15) is 5.11 Å². The van der Waals surface area contributed by atoms with Crippen molar-refractivity contribution in [2.75, 3.05) is 5.73 Å². The second kappa shape index (κ2) is 5.61. The molecule has 0 aliphatic heterocycles. The van der Waals surface area contributed by atoms with E-state index in [1.165, 1.54) is 6.07 Å². The number of azo groups is 1. The van der Waals surface area contributed by atoms with Gasteiger partial charge in [-0.1, -0.05) is 42.5 Å². The number of nitro groups is 1. The van der Waals surface area contributed by atoms with Crippen LogP contribution in [0.1, 0.15) is 0 Å². The standard InChI is InChI=1S/C16H12N4O2/c17-15-13-9-5-4-6-11(13)10-14(20(21)22)16(15)19-18-12-7-2-1-3-8-12/h1-10H,17H2. The molecule has 6 nitrogen and oxygen atoms in total. The number of anilines is 1. The van der Waals surface area contributed by atoms with Gasteiger partial charge in [-0.15, -0.1) is 5.11 Å². The fourth-order valence-electron chi connectivity index (χ4n) is 2.20. The molecule has 0 saturated carbocycles. The molecule has 0 amide bonds. The number of nitro benzene ring substituents is 1. The molecule has 0 spiro atoms. The Morgan fingerprint density at radius 1 is 0.955 bits per heavy atom. The first-order valence-corrected chi connectivity index (χ1v) is 6.59. The maximum absolute atomic E-state index is 11.3. The molecule has 0 unspecified atom stereocenters. The van der Waals surface area contributed by atoms with Crippen molar-refractivity contribution in [2.24, 2.45) is 10.2 Å². The Balaban J connectivity index is 2.19. The van der Waals surface area contributed by atoms with Crippen LogP contribution in [0, 0.1) is 10.1 Å². The molecule has 0 aliphatic rings. The van der Waals surface area contributed by atoms with Crippen LogP contribution < -0.4 is 5.73 Å². The molecule has 0 bridgehead atoms. The Morgan fingerprint density at radius 2 is 1.64 bits per heavy atom. The number of nitrogen functional groups attached to an aromatic ring is 1. The number of nitrogens with zero attached hydrogens (tertiary/aromatic N) is 3. The van der Waals surface area contributed by atoms with Crippen LogP contribution in [0.3, 0.4) is 0 Å². The Labute approximate surface area is 126 Å². The zero-order valence-corrected chi connectivity index (χ0v) is 11.5. The summed E-state index contributed by atoms with van der Waals surface area (Å²) in [5.74, 6) is 0. The number of hydrogen-bond acceptors (Lipinski definition) is 5.